The lowest BCUT2D eigenvalue weighted by Gasteiger charge is -2.28. The van der Waals surface area contributed by atoms with Crippen LogP contribution in [0.25, 0.3) is 0 Å². The first-order valence-electron chi connectivity index (χ1n) is 7.73. The van der Waals surface area contributed by atoms with Crippen LogP contribution in [-0.2, 0) is 12.8 Å². The lowest BCUT2D eigenvalue weighted by Crippen LogP contribution is -2.34. The highest BCUT2D eigenvalue weighted by atomic mass is 16.3. The van der Waals surface area contributed by atoms with Gasteiger partial charge in [-0.1, -0.05) is 6.07 Å². The van der Waals surface area contributed by atoms with Gasteiger partial charge in [0, 0.05) is 30.3 Å². The minimum absolute atomic E-state index is 0.000248. The average Bonchev–Trinajstić information content (AvgIpc) is 2.98. The first-order chi connectivity index (χ1) is 10.2. The number of hydrogen-bond acceptors (Lipinski definition) is 3. The van der Waals surface area contributed by atoms with Gasteiger partial charge in [-0.2, -0.15) is 0 Å². The molecule has 4 nitrogen and oxygen atoms in total. The van der Waals surface area contributed by atoms with E-state index in [1.807, 2.05) is 18.2 Å². The Bertz CT molecular complexity index is 630. The van der Waals surface area contributed by atoms with Crippen molar-refractivity contribution in [3.05, 3.63) is 57.9 Å². The molecule has 2 aromatic heterocycles. The maximum atomic E-state index is 11.4. The molecule has 2 aromatic rings. The summed E-state index contributed by atoms with van der Waals surface area (Å²) in [5.74, 6) is 1.04. The van der Waals surface area contributed by atoms with Crippen LogP contribution in [0, 0.1) is 0 Å². The van der Waals surface area contributed by atoms with Gasteiger partial charge in [0.1, 0.15) is 5.76 Å². The molecule has 21 heavy (non-hydrogen) atoms. The third kappa shape index (κ3) is 3.45. The summed E-state index contributed by atoms with van der Waals surface area (Å²) in [5.41, 5.74) is 2.36. The summed E-state index contributed by atoms with van der Waals surface area (Å²) < 4.78 is 5.38. The SMILES string of the molecule is CC(CCc1ccco1)NC1CCCc2[nH]c(=O)ccc21. The predicted molar refractivity (Wildman–Crippen MR) is 82.4 cm³/mol. The molecule has 0 bridgehead atoms. The number of pyridine rings is 1. The second kappa shape index (κ2) is 6.31. The van der Waals surface area contributed by atoms with Crippen LogP contribution in [-0.4, -0.2) is 11.0 Å². The molecule has 2 N–H and O–H groups in total. The summed E-state index contributed by atoms with van der Waals surface area (Å²) in [4.78, 5) is 14.4. The Balaban J connectivity index is 1.62. The zero-order valence-electron chi connectivity index (χ0n) is 12.4. The number of rotatable bonds is 5. The fourth-order valence-corrected chi connectivity index (χ4v) is 3.11. The molecule has 0 aromatic carbocycles. The van der Waals surface area contributed by atoms with Gasteiger partial charge >= 0.3 is 0 Å². The first-order valence-corrected chi connectivity index (χ1v) is 7.73. The third-order valence-corrected chi connectivity index (χ3v) is 4.22. The van der Waals surface area contributed by atoms with E-state index < -0.39 is 0 Å². The molecule has 0 saturated carbocycles. The number of furan rings is 1. The quantitative estimate of drug-likeness (QED) is 0.888. The Morgan fingerprint density at radius 3 is 3.14 bits per heavy atom. The number of H-pyrrole nitrogens is 1. The van der Waals surface area contributed by atoms with E-state index in [2.05, 4.69) is 17.2 Å². The fraction of sp³-hybridized carbons (Fsp3) is 0.471. The zero-order chi connectivity index (χ0) is 14.7. The number of fused-ring (bicyclic) bond motifs is 1. The zero-order valence-corrected chi connectivity index (χ0v) is 12.4. The predicted octanol–water partition coefficient (Wildman–Crippen LogP) is 2.96. The Hall–Kier alpha value is -1.81. The molecule has 4 heteroatoms. The van der Waals surface area contributed by atoms with Crippen LogP contribution in [0.1, 0.15) is 49.2 Å². The van der Waals surface area contributed by atoms with E-state index in [4.69, 9.17) is 4.42 Å². The molecule has 1 aliphatic rings. The molecule has 112 valence electrons. The second-order valence-corrected chi connectivity index (χ2v) is 5.89. The van der Waals surface area contributed by atoms with Gasteiger partial charge in [-0.3, -0.25) is 4.79 Å². The number of aryl methyl sites for hydroxylation is 2. The van der Waals surface area contributed by atoms with Crippen LogP contribution in [0.3, 0.4) is 0 Å². The highest BCUT2D eigenvalue weighted by Crippen LogP contribution is 2.28. The molecule has 0 amide bonds. The van der Waals surface area contributed by atoms with Crippen LogP contribution in [0.15, 0.2) is 39.7 Å². The monoisotopic (exact) mass is 286 g/mol. The summed E-state index contributed by atoms with van der Waals surface area (Å²) in [5, 5.41) is 3.69. The highest BCUT2D eigenvalue weighted by molar-refractivity contribution is 5.26. The van der Waals surface area contributed by atoms with Crippen LogP contribution >= 0.6 is 0 Å². The minimum atomic E-state index is 0.000248. The van der Waals surface area contributed by atoms with Gasteiger partial charge in [-0.05, 0) is 50.3 Å². The van der Waals surface area contributed by atoms with Crippen molar-refractivity contribution in [1.29, 1.82) is 0 Å². The summed E-state index contributed by atoms with van der Waals surface area (Å²) in [7, 11) is 0. The van der Waals surface area contributed by atoms with Crippen molar-refractivity contribution < 1.29 is 4.42 Å². The molecule has 2 unspecified atom stereocenters. The van der Waals surface area contributed by atoms with Gasteiger partial charge in [0.15, 0.2) is 0 Å². The van der Waals surface area contributed by atoms with E-state index in [1.165, 1.54) is 5.56 Å². The van der Waals surface area contributed by atoms with Gasteiger partial charge in [0.2, 0.25) is 5.56 Å². The normalized spacial score (nSPS) is 19.2. The molecule has 0 spiro atoms. The second-order valence-electron chi connectivity index (χ2n) is 5.89. The topological polar surface area (TPSA) is 58.0 Å². The van der Waals surface area contributed by atoms with Gasteiger partial charge in [-0.25, -0.2) is 0 Å². The van der Waals surface area contributed by atoms with Crippen molar-refractivity contribution in [2.24, 2.45) is 0 Å². The van der Waals surface area contributed by atoms with Gasteiger partial charge in [0.05, 0.1) is 6.26 Å². The summed E-state index contributed by atoms with van der Waals surface area (Å²) in [6.45, 7) is 2.21. The largest absolute Gasteiger partial charge is 0.469 e. The van der Waals surface area contributed by atoms with E-state index in [1.54, 1.807) is 12.3 Å². The molecule has 0 saturated heterocycles. The third-order valence-electron chi connectivity index (χ3n) is 4.22. The molecule has 2 heterocycles. The molecule has 0 fully saturated rings. The molecule has 1 aliphatic carbocycles. The Kier molecular flexibility index (Phi) is 4.25. The van der Waals surface area contributed by atoms with Crippen LogP contribution in [0.5, 0.6) is 0 Å². The minimum Gasteiger partial charge on any atom is -0.469 e. The number of nitrogens with one attached hydrogen (secondary N) is 2. The summed E-state index contributed by atoms with van der Waals surface area (Å²) >= 11 is 0. The lowest BCUT2D eigenvalue weighted by molar-refractivity contribution is 0.383. The van der Waals surface area contributed by atoms with Crippen molar-refractivity contribution in [1.82, 2.24) is 10.3 Å². The van der Waals surface area contributed by atoms with Crippen molar-refractivity contribution >= 4 is 0 Å². The number of hydrogen-bond donors (Lipinski definition) is 2. The van der Waals surface area contributed by atoms with Crippen LogP contribution in [0.4, 0.5) is 0 Å². The smallest absolute Gasteiger partial charge is 0.248 e. The van der Waals surface area contributed by atoms with Crippen molar-refractivity contribution in [3.63, 3.8) is 0 Å². The van der Waals surface area contributed by atoms with Crippen LogP contribution < -0.4 is 10.9 Å². The first kappa shape index (κ1) is 14.1. The van der Waals surface area contributed by atoms with Gasteiger partial charge in [-0.15, -0.1) is 0 Å². The molecule has 0 radical (unpaired) electrons. The maximum absolute atomic E-state index is 11.4. The molecular weight excluding hydrogens is 264 g/mol. The Morgan fingerprint density at radius 2 is 2.33 bits per heavy atom. The Labute approximate surface area is 124 Å². The molecule has 0 aliphatic heterocycles. The van der Waals surface area contributed by atoms with Crippen LogP contribution in [0.2, 0.25) is 0 Å². The molecule has 2 atom stereocenters. The van der Waals surface area contributed by atoms with Gasteiger partial charge in [0.25, 0.3) is 0 Å². The summed E-state index contributed by atoms with van der Waals surface area (Å²) in [6, 6.07) is 8.32. The Morgan fingerprint density at radius 1 is 1.43 bits per heavy atom. The number of aromatic amines is 1. The van der Waals surface area contributed by atoms with Crippen molar-refractivity contribution in [2.45, 2.75) is 51.1 Å². The fourth-order valence-electron chi connectivity index (χ4n) is 3.11. The van der Waals surface area contributed by atoms with Crippen molar-refractivity contribution in [3.8, 4) is 0 Å². The van der Waals surface area contributed by atoms with E-state index >= 15 is 0 Å². The molecule has 3 rings (SSSR count). The van der Waals surface area contributed by atoms with Crippen molar-refractivity contribution in [2.75, 3.05) is 0 Å². The van der Waals surface area contributed by atoms with E-state index in [0.29, 0.717) is 12.1 Å². The maximum Gasteiger partial charge on any atom is 0.248 e. The van der Waals surface area contributed by atoms with E-state index in [9.17, 15) is 4.79 Å². The standard InChI is InChI=1S/C17H22N2O2/c1-12(7-8-13-4-3-11-21-13)18-15-5-2-6-16-14(15)9-10-17(20)19-16/h3-4,9-12,15,18H,2,5-8H2,1H3,(H,19,20). The van der Waals surface area contributed by atoms with E-state index in [-0.39, 0.29) is 5.56 Å². The summed E-state index contributed by atoms with van der Waals surface area (Å²) in [6.07, 6.45) is 6.94. The van der Waals surface area contributed by atoms with Gasteiger partial charge < -0.3 is 14.7 Å². The average molecular weight is 286 g/mol. The number of aromatic nitrogens is 1. The molecular formula is C17H22N2O2. The van der Waals surface area contributed by atoms with E-state index in [0.717, 1.165) is 43.6 Å². The highest BCUT2D eigenvalue weighted by Gasteiger charge is 2.21. The lowest BCUT2D eigenvalue weighted by atomic mass is 9.90.